The van der Waals surface area contributed by atoms with Gasteiger partial charge in [0.15, 0.2) is 0 Å². The van der Waals surface area contributed by atoms with Crippen LogP contribution >= 0.6 is 0 Å². The van der Waals surface area contributed by atoms with Crippen molar-refractivity contribution in [2.75, 3.05) is 18.7 Å². The number of ether oxygens (including phenoxy) is 1. The van der Waals surface area contributed by atoms with Crippen LogP contribution in [0.3, 0.4) is 0 Å². The number of rotatable bonds is 6. The molecule has 6 nitrogen and oxygen atoms in total. The number of anilines is 1. The number of pyridine rings is 1. The van der Waals surface area contributed by atoms with Crippen LogP contribution in [0.4, 0.5) is 11.4 Å². The molecule has 0 aliphatic rings. The largest absolute Gasteiger partial charge is 0.512 e. The lowest BCUT2D eigenvalue weighted by Crippen LogP contribution is -2.25. The van der Waals surface area contributed by atoms with Gasteiger partial charge in [0.2, 0.25) is 0 Å². The molecule has 2 aromatic rings. The summed E-state index contributed by atoms with van der Waals surface area (Å²) in [6.45, 7) is 11.3. The van der Waals surface area contributed by atoms with E-state index in [1.165, 1.54) is 13.2 Å². The van der Waals surface area contributed by atoms with Crippen LogP contribution in [0.15, 0.2) is 70.8 Å². The highest BCUT2D eigenvalue weighted by atomic mass is 32.2. The first-order chi connectivity index (χ1) is 13.4. The lowest BCUT2D eigenvalue weighted by Gasteiger charge is -2.20. The van der Waals surface area contributed by atoms with Crippen LogP contribution in [0.25, 0.3) is 10.9 Å². The molecule has 1 aromatic carbocycles. The molecule has 0 bridgehead atoms. The Bertz CT molecular complexity index is 1100. The summed E-state index contributed by atoms with van der Waals surface area (Å²) in [5.74, 6) is 0.598. The molecule has 0 aliphatic carbocycles. The van der Waals surface area contributed by atoms with Crippen LogP contribution in [-0.4, -0.2) is 32.4 Å². The Balaban J connectivity index is 2.47. The van der Waals surface area contributed by atoms with Gasteiger partial charge in [0.1, 0.15) is 5.76 Å². The minimum atomic E-state index is -2.43. The van der Waals surface area contributed by atoms with E-state index in [1.807, 2.05) is 45.0 Å². The van der Waals surface area contributed by atoms with Gasteiger partial charge in [-0.25, -0.2) is 4.21 Å². The van der Waals surface area contributed by atoms with Crippen LogP contribution in [0.5, 0.6) is 0 Å². The molecule has 7 heteroatoms. The smallest absolute Gasteiger partial charge is 0.124 e. The molecule has 0 saturated heterocycles. The Hall–Kier alpha value is -2.80. The minimum absolute atomic E-state index is 0.133. The fourth-order valence-corrected chi connectivity index (χ4v) is 3.17. The maximum atomic E-state index is 13.0. The molecule has 1 atom stereocenters. The Morgan fingerprint density at radius 2 is 2.00 bits per heavy atom. The van der Waals surface area contributed by atoms with Crippen LogP contribution in [0, 0.1) is 0 Å². The molecular weight excluding hydrogens is 386 g/mol. The van der Waals surface area contributed by atoms with Gasteiger partial charge in [0, 0.05) is 46.1 Å². The first-order valence-electron chi connectivity index (χ1n) is 9.12. The van der Waals surface area contributed by atoms with E-state index in [-0.39, 0.29) is 5.76 Å². The molecule has 0 saturated carbocycles. The molecule has 29 heavy (non-hydrogen) atoms. The summed E-state index contributed by atoms with van der Waals surface area (Å²) in [7, 11) is -0.906. The molecule has 0 aliphatic heterocycles. The van der Waals surface area contributed by atoms with Gasteiger partial charge in [0.25, 0.3) is 0 Å². The van der Waals surface area contributed by atoms with Crippen molar-refractivity contribution in [3.63, 3.8) is 0 Å². The minimum Gasteiger partial charge on any atom is -0.512 e. The highest BCUT2D eigenvalue weighted by Crippen LogP contribution is 2.29. The summed E-state index contributed by atoms with van der Waals surface area (Å²) >= 11 is 0. The second-order valence-corrected chi connectivity index (χ2v) is 10.8. The van der Waals surface area contributed by atoms with Gasteiger partial charge in [-0.15, -0.1) is 0 Å². The standard InChI is InChI=1S/C22H29N3O3S/c1-15(12-18(28-6)13-16(2)26)24-21-10-11-23-20-9-8-17(14-19(20)21)25-29(7,27)22(3,4)5/h8-14,26H,1H2,2-7H3,(H,23,24)/b16-13+,18-12+. The molecule has 0 radical (unpaired) electrons. The van der Waals surface area contributed by atoms with Gasteiger partial charge in [-0.3, -0.25) is 4.98 Å². The van der Waals surface area contributed by atoms with Gasteiger partial charge in [-0.05, 0) is 52.0 Å². The quantitative estimate of drug-likeness (QED) is 0.468. The van der Waals surface area contributed by atoms with Crippen LogP contribution in [0.1, 0.15) is 27.7 Å². The maximum Gasteiger partial charge on any atom is 0.124 e. The van der Waals surface area contributed by atoms with Crippen molar-refractivity contribution >= 4 is 32.0 Å². The number of hydrogen-bond acceptors (Lipinski definition) is 6. The van der Waals surface area contributed by atoms with Crippen molar-refractivity contribution < 1.29 is 14.1 Å². The summed E-state index contributed by atoms with van der Waals surface area (Å²) in [6, 6.07) is 7.37. The molecule has 0 spiro atoms. The number of fused-ring (bicyclic) bond motifs is 1. The number of aliphatic hydroxyl groups excluding tert-OH is 1. The van der Waals surface area contributed by atoms with E-state index < -0.39 is 14.5 Å². The average molecular weight is 416 g/mol. The SMILES string of the molecule is C=C(/C=C(\C=C(/C)O)OC)Nc1ccnc2ccc(N=S(C)(=O)C(C)(C)C)cc12. The third kappa shape index (κ3) is 5.84. The van der Waals surface area contributed by atoms with Crippen molar-refractivity contribution in [2.45, 2.75) is 32.4 Å². The summed E-state index contributed by atoms with van der Waals surface area (Å²) in [6.07, 6.45) is 6.55. The zero-order valence-corrected chi connectivity index (χ0v) is 18.6. The maximum absolute atomic E-state index is 13.0. The average Bonchev–Trinajstić information content (AvgIpc) is 2.60. The Morgan fingerprint density at radius 3 is 2.59 bits per heavy atom. The summed E-state index contributed by atoms with van der Waals surface area (Å²) < 4.78 is 22.3. The van der Waals surface area contributed by atoms with Crippen molar-refractivity contribution in [3.8, 4) is 0 Å². The Labute approximate surface area is 173 Å². The second kappa shape index (κ2) is 8.69. The van der Waals surface area contributed by atoms with E-state index in [1.54, 1.807) is 25.5 Å². The highest BCUT2D eigenvalue weighted by molar-refractivity contribution is 7.94. The number of benzene rings is 1. The van der Waals surface area contributed by atoms with E-state index in [0.717, 1.165) is 16.6 Å². The van der Waals surface area contributed by atoms with Gasteiger partial charge in [-0.2, -0.15) is 4.36 Å². The first kappa shape index (κ1) is 22.5. The summed E-state index contributed by atoms with van der Waals surface area (Å²) in [5.41, 5.74) is 2.77. The first-order valence-corrected chi connectivity index (χ1v) is 11.0. The molecule has 2 rings (SSSR count). The molecule has 0 amide bonds. The third-order valence-electron chi connectivity index (χ3n) is 4.34. The van der Waals surface area contributed by atoms with E-state index >= 15 is 0 Å². The van der Waals surface area contributed by atoms with E-state index in [4.69, 9.17) is 4.74 Å². The number of aliphatic hydroxyl groups is 1. The van der Waals surface area contributed by atoms with Crippen LogP contribution in [0.2, 0.25) is 0 Å². The second-order valence-electron chi connectivity index (χ2n) is 7.75. The fraction of sp³-hybridized carbons (Fsp3) is 0.318. The van der Waals surface area contributed by atoms with Crippen molar-refractivity contribution in [3.05, 3.63) is 66.4 Å². The Morgan fingerprint density at radius 1 is 1.31 bits per heavy atom. The predicted molar refractivity (Wildman–Crippen MR) is 122 cm³/mol. The van der Waals surface area contributed by atoms with Crippen molar-refractivity contribution in [2.24, 2.45) is 4.36 Å². The third-order valence-corrected chi connectivity index (χ3v) is 7.17. The van der Waals surface area contributed by atoms with Crippen LogP contribution in [-0.2, 0) is 14.5 Å². The molecular formula is C22H29N3O3S. The normalized spacial score (nSPS) is 15.0. The number of methoxy groups -OCH3 is 1. The topological polar surface area (TPSA) is 83.8 Å². The van der Waals surface area contributed by atoms with Crippen molar-refractivity contribution in [1.29, 1.82) is 0 Å². The number of nitrogens with zero attached hydrogens (tertiary/aromatic N) is 2. The lowest BCUT2D eigenvalue weighted by atomic mass is 10.1. The summed E-state index contributed by atoms with van der Waals surface area (Å²) in [5, 5.41) is 13.5. The molecule has 1 unspecified atom stereocenters. The molecule has 2 N–H and O–H groups in total. The predicted octanol–water partition coefficient (Wildman–Crippen LogP) is 5.68. The number of hydrogen-bond donors (Lipinski definition) is 2. The Kier molecular flexibility index (Phi) is 6.74. The van der Waals surface area contributed by atoms with Gasteiger partial charge < -0.3 is 15.2 Å². The highest BCUT2D eigenvalue weighted by Gasteiger charge is 2.22. The zero-order valence-electron chi connectivity index (χ0n) is 17.8. The van der Waals surface area contributed by atoms with Crippen molar-refractivity contribution in [1.82, 2.24) is 4.98 Å². The summed E-state index contributed by atoms with van der Waals surface area (Å²) in [4.78, 5) is 4.39. The molecule has 1 heterocycles. The number of allylic oxidation sites excluding steroid dienone is 3. The fourth-order valence-electron chi connectivity index (χ4n) is 2.38. The van der Waals surface area contributed by atoms with Gasteiger partial charge in [0.05, 0.1) is 33.8 Å². The van der Waals surface area contributed by atoms with Gasteiger partial charge >= 0.3 is 0 Å². The van der Waals surface area contributed by atoms with E-state index in [2.05, 4.69) is 21.2 Å². The van der Waals surface area contributed by atoms with E-state index in [0.29, 0.717) is 17.1 Å². The molecule has 0 fully saturated rings. The molecule has 156 valence electrons. The van der Waals surface area contributed by atoms with E-state index in [9.17, 15) is 9.32 Å². The monoisotopic (exact) mass is 415 g/mol. The van der Waals surface area contributed by atoms with Crippen LogP contribution < -0.4 is 5.32 Å². The van der Waals surface area contributed by atoms with Gasteiger partial charge in [-0.1, -0.05) is 6.58 Å². The lowest BCUT2D eigenvalue weighted by molar-refractivity contribution is 0.301. The number of aromatic nitrogens is 1. The molecule has 1 aromatic heterocycles. The number of nitrogens with one attached hydrogen (secondary N) is 1. The zero-order chi connectivity index (χ0) is 21.8.